The predicted molar refractivity (Wildman–Crippen MR) is 104 cm³/mol. The summed E-state index contributed by atoms with van der Waals surface area (Å²) in [6, 6.07) is 7.39. The van der Waals surface area contributed by atoms with E-state index in [4.69, 9.17) is 4.74 Å². The second kappa shape index (κ2) is 6.93. The lowest BCUT2D eigenvalue weighted by Gasteiger charge is -2.42. The Morgan fingerprint density at radius 3 is 2.59 bits per heavy atom. The SMILES string of the molecule is CC1=CC2(CCN(C(=O)Cn3nc(C)c4ccccc4c3=O)CC2)OCC1. The Morgan fingerprint density at radius 1 is 1.19 bits per heavy atom. The molecule has 6 nitrogen and oxygen atoms in total. The van der Waals surface area contributed by atoms with Crippen molar-refractivity contribution in [3.63, 3.8) is 0 Å². The Labute approximate surface area is 158 Å². The van der Waals surface area contributed by atoms with Gasteiger partial charge in [0.25, 0.3) is 5.56 Å². The number of nitrogens with zero attached hydrogens (tertiary/aromatic N) is 3. The summed E-state index contributed by atoms with van der Waals surface area (Å²) in [4.78, 5) is 27.3. The molecule has 2 aliphatic heterocycles. The van der Waals surface area contributed by atoms with E-state index in [1.165, 1.54) is 10.3 Å². The lowest BCUT2D eigenvalue weighted by atomic mass is 9.87. The number of hydrogen-bond acceptors (Lipinski definition) is 4. The Balaban J connectivity index is 1.49. The van der Waals surface area contributed by atoms with Crippen molar-refractivity contribution in [2.45, 2.75) is 45.3 Å². The van der Waals surface area contributed by atoms with Crippen LogP contribution in [-0.2, 0) is 16.1 Å². The molecule has 2 aliphatic rings. The van der Waals surface area contributed by atoms with Crippen LogP contribution in [0.15, 0.2) is 40.7 Å². The smallest absolute Gasteiger partial charge is 0.275 e. The largest absolute Gasteiger partial charge is 0.370 e. The van der Waals surface area contributed by atoms with Gasteiger partial charge >= 0.3 is 0 Å². The van der Waals surface area contributed by atoms with E-state index in [-0.39, 0.29) is 23.6 Å². The molecule has 0 unspecified atom stereocenters. The Hall–Kier alpha value is -2.47. The highest BCUT2D eigenvalue weighted by Gasteiger charge is 2.36. The summed E-state index contributed by atoms with van der Waals surface area (Å²) in [5.41, 5.74) is 1.69. The summed E-state index contributed by atoms with van der Waals surface area (Å²) in [5, 5.41) is 5.79. The number of carbonyl (C=O) groups is 1. The first-order valence-corrected chi connectivity index (χ1v) is 9.54. The van der Waals surface area contributed by atoms with Crippen molar-refractivity contribution in [3.05, 3.63) is 52.0 Å². The maximum Gasteiger partial charge on any atom is 0.275 e. The molecule has 0 radical (unpaired) electrons. The number of likely N-dealkylation sites (tertiary alicyclic amines) is 1. The molecular weight excluding hydrogens is 342 g/mol. The molecule has 27 heavy (non-hydrogen) atoms. The number of ether oxygens (including phenoxy) is 1. The van der Waals surface area contributed by atoms with Crippen molar-refractivity contribution in [2.75, 3.05) is 19.7 Å². The molecule has 1 aromatic carbocycles. The molecule has 2 aromatic rings. The van der Waals surface area contributed by atoms with Crippen molar-refractivity contribution >= 4 is 16.7 Å². The summed E-state index contributed by atoms with van der Waals surface area (Å²) in [6.45, 7) is 6.03. The maximum absolute atomic E-state index is 12.8. The molecule has 0 N–H and O–H groups in total. The summed E-state index contributed by atoms with van der Waals surface area (Å²) in [7, 11) is 0. The van der Waals surface area contributed by atoms with Crippen LogP contribution in [0.3, 0.4) is 0 Å². The van der Waals surface area contributed by atoms with Crippen LogP contribution in [0.25, 0.3) is 10.8 Å². The summed E-state index contributed by atoms with van der Waals surface area (Å²) < 4.78 is 7.32. The number of aromatic nitrogens is 2. The molecule has 1 fully saturated rings. The van der Waals surface area contributed by atoms with Crippen molar-refractivity contribution in [1.82, 2.24) is 14.7 Å². The van der Waals surface area contributed by atoms with Gasteiger partial charge < -0.3 is 9.64 Å². The fourth-order valence-corrected chi connectivity index (χ4v) is 4.14. The Morgan fingerprint density at radius 2 is 1.89 bits per heavy atom. The molecule has 0 bridgehead atoms. The van der Waals surface area contributed by atoms with Crippen molar-refractivity contribution < 1.29 is 9.53 Å². The highest BCUT2D eigenvalue weighted by molar-refractivity contribution is 5.83. The molecule has 1 aromatic heterocycles. The van der Waals surface area contributed by atoms with Crippen LogP contribution in [0.1, 0.15) is 31.9 Å². The Kier molecular flexibility index (Phi) is 4.60. The van der Waals surface area contributed by atoms with Gasteiger partial charge in [0.15, 0.2) is 0 Å². The van der Waals surface area contributed by atoms with Crippen molar-refractivity contribution in [3.8, 4) is 0 Å². The van der Waals surface area contributed by atoms with Gasteiger partial charge in [-0.15, -0.1) is 0 Å². The first-order valence-electron chi connectivity index (χ1n) is 9.54. The standard InChI is InChI=1S/C21H25N3O3/c1-15-7-12-27-21(13-15)8-10-23(11-9-21)19(25)14-24-20(26)18-6-4-3-5-17(18)16(2)22-24/h3-6,13H,7-12,14H2,1-2H3. The highest BCUT2D eigenvalue weighted by atomic mass is 16.5. The zero-order valence-corrected chi connectivity index (χ0v) is 15.9. The lowest BCUT2D eigenvalue weighted by Crippen LogP contribution is -2.49. The third-order valence-corrected chi connectivity index (χ3v) is 5.70. The second-order valence-electron chi connectivity index (χ2n) is 7.63. The van der Waals surface area contributed by atoms with Crippen LogP contribution < -0.4 is 5.56 Å². The van der Waals surface area contributed by atoms with Gasteiger partial charge in [0.1, 0.15) is 6.54 Å². The van der Waals surface area contributed by atoms with E-state index in [9.17, 15) is 9.59 Å². The highest BCUT2D eigenvalue weighted by Crippen LogP contribution is 2.33. The minimum absolute atomic E-state index is 0.0206. The summed E-state index contributed by atoms with van der Waals surface area (Å²) in [5.74, 6) is -0.0642. The van der Waals surface area contributed by atoms with Gasteiger partial charge in [0.2, 0.25) is 5.91 Å². The molecule has 1 amide bonds. The number of aryl methyl sites for hydroxylation is 1. The van der Waals surface area contributed by atoms with Gasteiger partial charge in [0.05, 0.1) is 23.3 Å². The predicted octanol–water partition coefficient (Wildman–Crippen LogP) is 2.43. The van der Waals surface area contributed by atoms with Gasteiger partial charge in [-0.1, -0.05) is 29.8 Å². The van der Waals surface area contributed by atoms with E-state index in [1.807, 2.05) is 30.0 Å². The summed E-state index contributed by atoms with van der Waals surface area (Å²) >= 11 is 0. The molecule has 0 atom stereocenters. The first-order chi connectivity index (χ1) is 13.0. The number of fused-ring (bicyclic) bond motifs is 1. The molecule has 6 heteroatoms. The monoisotopic (exact) mass is 367 g/mol. The summed E-state index contributed by atoms with van der Waals surface area (Å²) in [6.07, 6.45) is 4.82. The molecule has 142 valence electrons. The number of hydrogen-bond donors (Lipinski definition) is 0. The van der Waals surface area contributed by atoms with Gasteiger partial charge in [-0.2, -0.15) is 5.10 Å². The average molecular weight is 367 g/mol. The number of rotatable bonds is 2. The van der Waals surface area contributed by atoms with Crippen LogP contribution in [0.2, 0.25) is 0 Å². The van der Waals surface area contributed by atoms with Crippen molar-refractivity contribution in [1.29, 1.82) is 0 Å². The van der Waals surface area contributed by atoms with Gasteiger partial charge in [-0.05, 0) is 39.2 Å². The second-order valence-corrected chi connectivity index (χ2v) is 7.63. The van der Waals surface area contributed by atoms with E-state index in [0.717, 1.165) is 36.9 Å². The lowest BCUT2D eigenvalue weighted by molar-refractivity contribution is -0.137. The minimum atomic E-state index is -0.216. The van der Waals surface area contributed by atoms with Crippen LogP contribution in [0, 0.1) is 6.92 Å². The van der Waals surface area contributed by atoms with E-state index in [2.05, 4.69) is 18.1 Å². The average Bonchev–Trinajstić information content (AvgIpc) is 2.66. The topological polar surface area (TPSA) is 64.4 Å². The molecular formula is C21H25N3O3. The fraction of sp³-hybridized carbons (Fsp3) is 0.476. The molecule has 3 heterocycles. The third-order valence-electron chi connectivity index (χ3n) is 5.70. The molecule has 1 spiro atoms. The van der Waals surface area contributed by atoms with Gasteiger partial charge in [-0.25, -0.2) is 4.68 Å². The molecule has 4 rings (SSSR count). The zero-order valence-electron chi connectivity index (χ0n) is 15.9. The molecule has 1 saturated heterocycles. The molecule has 0 aliphatic carbocycles. The zero-order chi connectivity index (χ0) is 19.0. The van der Waals surface area contributed by atoms with Crippen molar-refractivity contribution in [2.24, 2.45) is 0 Å². The third kappa shape index (κ3) is 3.41. The maximum atomic E-state index is 12.8. The van der Waals surface area contributed by atoms with Gasteiger partial charge in [-0.3, -0.25) is 9.59 Å². The number of benzene rings is 1. The van der Waals surface area contributed by atoms with Gasteiger partial charge in [0, 0.05) is 18.5 Å². The fourth-order valence-electron chi connectivity index (χ4n) is 4.14. The minimum Gasteiger partial charge on any atom is -0.370 e. The van der Waals surface area contributed by atoms with E-state index in [0.29, 0.717) is 18.5 Å². The normalized spacial score (nSPS) is 19.3. The van der Waals surface area contributed by atoms with E-state index in [1.54, 1.807) is 6.07 Å². The van der Waals surface area contributed by atoms with Crippen LogP contribution in [-0.4, -0.2) is 45.9 Å². The van der Waals surface area contributed by atoms with E-state index < -0.39 is 0 Å². The first kappa shape index (κ1) is 17.9. The number of piperidine rings is 1. The van der Waals surface area contributed by atoms with Crippen LogP contribution in [0.5, 0.6) is 0 Å². The van der Waals surface area contributed by atoms with Crippen LogP contribution >= 0.6 is 0 Å². The quantitative estimate of drug-likeness (QED) is 0.765. The number of carbonyl (C=O) groups excluding carboxylic acids is 1. The number of amides is 1. The van der Waals surface area contributed by atoms with Crippen LogP contribution in [0.4, 0.5) is 0 Å². The Bertz CT molecular complexity index is 968. The molecule has 0 saturated carbocycles. The van der Waals surface area contributed by atoms with E-state index >= 15 is 0 Å².